The van der Waals surface area contributed by atoms with Gasteiger partial charge in [-0.15, -0.1) is 0 Å². The van der Waals surface area contributed by atoms with Crippen molar-refractivity contribution in [3.05, 3.63) is 72.7 Å². The molecule has 9 heteroatoms. The minimum atomic E-state index is -3.67. The highest BCUT2D eigenvalue weighted by molar-refractivity contribution is 7.89. The summed E-state index contributed by atoms with van der Waals surface area (Å²) in [7, 11) is -1.89. The van der Waals surface area contributed by atoms with Gasteiger partial charge in [0.2, 0.25) is 0 Å². The highest BCUT2D eigenvalue weighted by Crippen LogP contribution is 2.35. The van der Waals surface area contributed by atoms with E-state index in [2.05, 4.69) is 10.3 Å². The van der Waals surface area contributed by atoms with Crippen molar-refractivity contribution in [2.45, 2.75) is 30.5 Å². The van der Waals surface area contributed by atoms with Gasteiger partial charge < -0.3 is 19.4 Å². The Labute approximate surface area is 206 Å². The molecule has 3 heterocycles. The molecule has 0 aliphatic carbocycles. The molecular formula is C26H32N4O4S. The Morgan fingerprint density at radius 1 is 1.14 bits per heavy atom. The maximum atomic E-state index is 13.3. The molecule has 0 radical (unpaired) electrons. The zero-order valence-electron chi connectivity index (χ0n) is 19.9. The summed E-state index contributed by atoms with van der Waals surface area (Å²) in [5.41, 5.74) is 2.02. The SMILES string of the molecule is Cn1cnc(S(=O)(=O)N2CC(Nc3cccc(OCc4ccccc4)c3)C([C@@H]3CCCOC3)C2)c1. The number of ether oxygens (including phenoxy) is 2. The van der Waals surface area contributed by atoms with Crippen LogP contribution in [0.4, 0.5) is 5.69 Å². The Kier molecular flexibility index (Phi) is 7.08. The summed E-state index contributed by atoms with van der Waals surface area (Å²) < 4.78 is 41.6. The quantitative estimate of drug-likeness (QED) is 0.514. The molecular weight excluding hydrogens is 464 g/mol. The lowest BCUT2D eigenvalue weighted by molar-refractivity contribution is 0.0317. The molecule has 5 rings (SSSR count). The molecule has 8 nitrogen and oxygen atoms in total. The number of anilines is 1. The smallest absolute Gasteiger partial charge is 0.262 e. The van der Waals surface area contributed by atoms with Crippen LogP contribution < -0.4 is 10.1 Å². The first-order valence-electron chi connectivity index (χ1n) is 12.1. The van der Waals surface area contributed by atoms with Crippen LogP contribution >= 0.6 is 0 Å². The van der Waals surface area contributed by atoms with Crippen LogP contribution in [0.1, 0.15) is 18.4 Å². The largest absolute Gasteiger partial charge is 0.489 e. The predicted octanol–water partition coefficient (Wildman–Crippen LogP) is 3.53. The van der Waals surface area contributed by atoms with E-state index in [4.69, 9.17) is 9.47 Å². The molecule has 186 valence electrons. The summed E-state index contributed by atoms with van der Waals surface area (Å²) in [5.74, 6) is 1.22. The van der Waals surface area contributed by atoms with E-state index in [1.54, 1.807) is 22.1 Å². The Morgan fingerprint density at radius 2 is 2.00 bits per heavy atom. The lowest BCUT2D eigenvalue weighted by atomic mass is 9.84. The fourth-order valence-electron chi connectivity index (χ4n) is 5.01. The van der Waals surface area contributed by atoms with Gasteiger partial charge in [-0.1, -0.05) is 36.4 Å². The normalized spacial score (nSPS) is 23.3. The second-order valence-electron chi connectivity index (χ2n) is 9.39. The molecule has 2 aliphatic rings. The van der Waals surface area contributed by atoms with Crippen LogP contribution in [0.25, 0.3) is 0 Å². The van der Waals surface area contributed by atoms with Crippen LogP contribution in [0.5, 0.6) is 5.75 Å². The summed E-state index contributed by atoms with van der Waals surface area (Å²) in [6.45, 7) is 2.77. The monoisotopic (exact) mass is 496 g/mol. The van der Waals surface area contributed by atoms with E-state index in [1.807, 2.05) is 54.6 Å². The van der Waals surface area contributed by atoms with Crippen LogP contribution in [0, 0.1) is 11.8 Å². The topological polar surface area (TPSA) is 85.7 Å². The number of nitrogens with one attached hydrogen (secondary N) is 1. The number of imidazole rings is 1. The van der Waals surface area contributed by atoms with E-state index in [0.29, 0.717) is 32.2 Å². The first-order chi connectivity index (χ1) is 17.0. The Balaban J connectivity index is 1.32. The highest BCUT2D eigenvalue weighted by Gasteiger charge is 2.43. The molecule has 2 saturated heterocycles. The van der Waals surface area contributed by atoms with Crippen molar-refractivity contribution in [1.82, 2.24) is 13.9 Å². The van der Waals surface area contributed by atoms with Gasteiger partial charge in [0.15, 0.2) is 5.03 Å². The summed E-state index contributed by atoms with van der Waals surface area (Å²) in [5, 5.41) is 3.71. The number of sulfonamides is 1. The number of rotatable bonds is 8. The molecule has 3 aromatic rings. The molecule has 1 aromatic heterocycles. The number of hydrogen-bond acceptors (Lipinski definition) is 6. The van der Waals surface area contributed by atoms with Crippen molar-refractivity contribution >= 4 is 15.7 Å². The van der Waals surface area contributed by atoms with Crippen molar-refractivity contribution in [3.8, 4) is 5.75 Å². The molecule has 0 bridgehead atoms. The predicted molar refractivity (Wildman–Crippen MR) is 134 cm³/mol. The molecule has 0 saturated carbocycles. The molecule has 2 fully saturated rings. The third kappa shape index (κ3) is 5.52. The van der Waals surface area contributed by atoms with Crippen LogP contribution in [0.15, 0.2) is 72.1 Å². The summed E-state index contributed by atoms with van der Waals surface area (Å²) in [6.07, 6.45) is 5.12. The van der Waals surface area contributed by atoms with Gasteiger partial charge >= 0.3 is 0 Å². The van der Waals surface area contributed by atoms with Crippen molar-refractivity contribution in [2.75, 3.05) is 31.6 Å². The van der Waals surface area contributed by atoms with Crippen LogP contribution in [0.3, 0.4) is 0 Å². The van der Waals surface area contributed by atoms with Crippen molar-refractivity contribution in [2.24, 2.45) is 18.9 Å². The third-order valence-corrected chi connectivity index (χ3v) is 8.57. The molecule has 2 aliphatic heterocycles. The second kappa shape index (κ2) is 10.4. The lowest BCUT2D eigenvalue weighted by Crippen LogP contribution is -2.36. The number of hydrogen-bond donors (Lipinski definition) is 1. The van der Waals surface area contributed by atoms with E-state index in [1.165, 1.54) is 6.33 Å². The van der Waals surface area contributed by atoms with Gasteiger partial charge in [0.05, 0.1) is 6.33 Å². The summed E-state index contributed by atoms with van der Waals surface area (Å²) >= 11 is 0. The number of benzene rings is 2. The van der Waals surface area contributed by atoms with E-state index in [-0.39, 0.29) is 17.0 Å². The van der Waals surface area contributed by atoms with Gasteiger partial charge in [-0.3, -0.25) is 0 Å². The zero-order chi connectivity index (χ0) is 24.3. The van der Waals surface area contributed by atoms with Gasteiger partial charge in [0, 0.05) is 57.3 Å². The number of aryl methyl sites for hydroxylation is 1. The van der Waals surface area contributed by atoms with Gasteiger partial charge in [-0.25, -0.2) is 13.4 Å². The number of nitrogens with zero attached hydrogens (tertiary/aromatic N) is 3. The molecule has 0 amide bonds. The molecule has 1 N–H and O–H groups in total. The minimum Gasteiger partial charge on any atom is -0.489 e. The first-order valence-corrected chi connectivity index (χ1v) is 13.5. The molecule has 2 aromatic carbocycles. The number of aromatic nitrogens is 2. The summed E-state index contributed by atoms with van der Waals surface area (Å²) in [4.78, 5) is 4.11. The fourth-order valence-corrected chi connectivity index (χ4v) is 6.48. The minimum absolute atomic E-state index is 0.0374. The van der Waals surface area contributed by atoms with Crippen LogP contribution in [-0.4, -0.2) is 54.6 Å². The Hall–Kier alpha value is -2.88. The maximum Gasteiger partial charge on any atom is 0.262 e. The van der Waals surface area contributed by atoms with E-state index in [9.17, 15) is 8.42 Å². The van der Waals surface area contributed by atoms with Gasteiger partial charge in [0.1, 0.15) is 12.4 Å². The zero-order valence-corrected chi connectivity index (χ0v) is 20.7. The second-order valence-corrected chi connectivity index (χ2v) is 11.3. The van der Waals surface area contributed by atoms with Gasteiger partial charge in [-0.05, 0) is 42.4 Å². The van der Waals surface area contributed by atoms with E-state index < -0.39 is 10.0 Å². The Bertz CT molecular complexity index is 1220. The average molecular weight is 497 g/mol. The molecule has 2 unspecified atom stereocenters. The maximum absolute atomic E-state index is 13.3. The Morgan fingerprint density at radius 3 is 2.74 bits per heavy atom. The third-order valence-electron chi connectivity index (χ3n) is 6.85. The highest BCUT2D eigenvalue weighted by atomic mass is 32.2. The van der Waals surface area contributed by atoms with Crippen LogP contribution in [-0.2, 0) is 28.4 Å². The van der Waals surface area contributed by atoms with Gasteiger partial charge in [0.25, 0.3) is 10.0 Å². The van der Waals surface area contributed by atoms with E-state index in [0.717, 1.165) is 36.4 Å². The molecule has 0 spiro atoms. The standard InChI is InChI=1S/C26H32N4O4S/c1-29-16-26(27-19-29)35(31,32)30-14-24(21-9-6-12-33-18-21)25(15-30)28-22-10-5-11-23(13-22)34-17-20-7-3-2-4-8-20/h2-5,7-8,10-11,13,16,19,21,24-25,28H,6,9,12,14-15,17-18H2,1H3/t21-,24?,25?/m1/s1. The van der Waals surface area contributed by atoms with Gasteiger partial charge in [-0.2, -0.15) is 4.31 Å². The summed E-state index contributed by atoms with van der Waals surface area (Å²) in [6, 6.07) is 17.9. The fraction of sp³-hybridized carbons (Fsp3) is 0.423. The first kappa shape index (κ1) is 23.8. The van der Waals surface area contributed by atoms with Crippen molar-refractivity contribution in [1.29, 1.82) is 0 Å². The van der Waals surface area contributed by atoms with Crippen molar-refractivity contribution in [3.63, 3.8) is 0 Å². The van der Waals surface area contributed by atoms with E-state index >= 15 is 0 Å². The van der Waals surface area contributed by atoms with Crippen LogP contribution in [0.2, 0.25) is 0 Å². The van der Waals surface area contributed by atoms with Crippen molar-refractivity contribution < 1.29 is 17.9 Å². The lowest BCUT2D eigenvalue weighted by Gasteiger charge is -2.31. The average Bonchev–Trinajstić information content (AvgIpc) is 3.52. The molecule has 35 heavy (non-hydrogen) atoms. The molecule has 3 atom stereocenters.